The zero-order valence-corrected chi connectivity index (χ0v) is 11.8. The van der Waals surface area contributed by atoms with Crippen LogP contribution in [0.1, 0.15) is 5.56 Å². The van der Waals surface area contributed by atoms with Crippen molar-refractivity contribution in [3.8, 4) is 0 Å². The molecule has 1 amide bonds. The zero-order chi connectivity index (χ0) is 13.1. The highest BCUT2D eigenvalue weighted by Gasteiger charge is 2.30. The number of hydrogen-bond donors (Lipinski definition) is 0. The van der Waals surface area contributed by atoms with Gasteiger partial charge < -0.3 is 0 Å². The predicted molar refractivity (Wildman–Crippen MR) is 81.5 cm³/mol. The van der Waals surface area contributed by atoms with Crippen LogP contribution in [0.25, 0.3) is 6.08 Å². The number of benzene rings is 1. The van der Waals surface area contributed by atoms with E-state index in [1.54, 1.807) is 18.2 Å². The third-order valence-electron chi connectivity index (χ3n) is 2.38. The Balaban J connectivity index is 2.31. The molecule has 2 rings (SSSR count). The monoisotopic (exact) mass is 295 g/mol. The number of carbonyl (C=O) groups is 1. The Labute approximate surface area is 120 Å². The van der Waals surface area contributed by atoms with Gasteiger partial charge in [-0.3, -0.25) is 9.69 Å². The Morgan fingerprint density at radius 1 is 1.44 bits per heavy atom. The number of carbonyl (C=O) groups excluding carboxylic acids is 1. The van der Waals surface area contributed by atoms with Crippen LogP contribution in [0, 0.1) is 0 Å². The molecule has 1 aliphatic heterocycles. The molecule has 1 heterocycles. The van der Waals surface area contributed by atoms with Crippen molar-refractivity contribution in [1.29, 1.82) is 0 Å². The van der Waals surface area contributed by atoms with E-state index in [0.717, 1.165) is 5.56 Å². The van der Waals surface area contributed by atoms with E-state index < -0.39 is 0 Å². The van der Waals surface area contributed by atoms with E-state index in [4.69, 9.17) is 23.8 Å². The average Bonchev–Trinajstić information content (AvgIpc) is 2.60. The van der Waals surface area contributed by atoms with Crippen LogP contribution in [0.3, 0.4) is 0 Å². The third-order valence-corrected chi connectivity index (χ3v) is 4.10. The van der Waals surface area contributed by atoms with Crippen molar-refractivity contribution in [1.82, 2.24) is 4.90 Å². The molecule has 92 valence electrons. The molecule has 0 aliphatic carbocycles. The molecule has 1 saturated heterocycles. The van der Waals surface area contributed by atoms with Crippen molar-refractivity contribution in [3.05, 3.63) is 52.4 Å². The predicted octanol–water partition coefficient (Wildman–Crippen LogP) is 3.73. The van der Waals surface area contributed by atoms with Gasteiger partial charge >= 0.3 is 0 Å². The second-order valence-corrected chi connectivity index (χ2v) is 5.69. The lowest BCUT2D eigenvalue weighted by Crippen LogP contribution is -2.27. The number of hydrogen-bond acceptors (Lipinski definition) is 3. The van der Waals surface area contributed by atoms with Crippen LogP contribution >= 0.6 is 35.6 Å². The third kappa shape index (κ3) is 2.66. The van der Waals surface area contributed by atoms with E-state index in [1.165, 1.54) is 16.7 Å². The maximum atomic E-state index is 12.1. The van der Waals surface area contributed by atoms with Crippen molar-refractivity contribution < 1.29 is 4.79 Å². The lowest BCUT2D eigenvalue weighted by atomic mass is 10.2. The zero-order valence-electron chi connectivity index (χ0n) is 9.43. The number of thiocarbonyl (C=S) groups is 1. The largest absolute Gasteiger partial charge is 0.289 e. The molecule has 0 N–H and O–H groups in total. The van der Waals surface area contributed by atoms with Crippen molar-refractivity contribution >= 4 is 51.9 Å². The lowest BCUT2D eigenvalue weighted by Gasteiger charge is -2.10. The summed E-state index contributed by atoms with van der Waals surface area (Å²) in [7, 11) is 0. The van der Waals surface area contributed by atoms with Crippen molar-refractivity contribution in [2.45, 2.75) is 0 Å². The fourth-order valence-electron chi connectivity index (χ4n) is 1.52. The van der Waals surface area contributed by atoms with Gasteiger partial charge in [0.15, 0.2) is 0 Å². The maximum absolute atomic E-state index is 12.1. The first-order valence-corrected chi connectivity index (χ1v) is 6.84. The summed E-state index contributed by atoms with van der Waals surface area (Å²) in [6.07, 6.45) is 3.42. The number of thioether (sulfide) groups is 1. The van der Waals surface area contributed by atoms with Crippen molar-refractivity contribution in [3.63, 3.8) is 0 Å². The molecule has 0 saturated carbocycles. The van der Waals surface area contributed by atoms with Crippen LogP contribution in [0.5, 0.6) is 0 Å². The molecule has 18 heavy (non-hydrogen) atoms. The molecule has 0 atom stereocenters. The fourth-order valence-corrected chi connectivity index (χ4v) is 2.98. The van der Waals surface area contributed by atoms with Gasteiger partial charge in [0.2, 0.25) is 0 Å². The average molecular weight is 296 g/mol. The van der Waals surface area contributed by atoms with Gasteiger partial charge in [0, 0.05) is 11.6 Å². The molecule has 5 heteroatoms. The second kappa shape index (κ2) is 5.69. The van der Waals surface area contributed by atoms with E-state index in [9.17, 15) is 4.79 Å². The summed E-state index contributed by atoms with van der Waals surface area (Å²) in [4.78, 5) is 14.2. The van der Waals surface area contributed by atoms with Crippen LogP contribution in [-0.4, -0.2) is 21.7 Å². The Morgan fingerprint density at radius 2 is 2.17 bits per heavy atom. The highest BCUT2D eigenvalue weighted by molar-refractivity contribution is 8.26. The molecule has 0 aromatic heterocycles. The number of amides is 1. The van der Waals surface area contributed by atoms with E-state index >= 15 is 0 Å². The van der Waals surface area contributed by atoms with Crippen LogP contribution in [0.4, 0.5) is 0 Å². The molecule has 1 aliphatic rings. The molecule has 1 aromatic carbocycles. The molecule has 1 aromatic rings. The molecule has 0 spiro atoms. The van der Waals surface area contributed by atoms with Gasteiger partial charge in [0.1, 0.15) is 4.32 Å². The highest BCUT2D eigenvalue weighted by atomic mass is 35.5. The molecule has 0 bridgehead atoms. The molecule has 1 fully saturated rings. The normalized spacial score (nSPS) is 17.6. The molecule has 2 nitrogen and oxygen atoms in total. The molecular formula is C13H10ClNOS2. The minimum Gasteiger partial charge on any atom is -0.289 e. The van der Waals surface area contributed by atoms with Gasteiger partial charge in [-0.1, -0.05) is 59.9 Å². The Hall–Kier alpha value is -1.10. The van der Waals surface area contributed by atoms with Gasteiger partial charge in [0.25, 0.3) is 5.91 Å². The smallest absolute Gasteiger partial charge is 0.266 e. The molecule has 0 unspecified atom stereocenters. The van der Waals surface area contributed by atoms with Gasteiger partial charge in [-0.25, -0.2) is 0 Å². The fraction of sp³-hybridized carbons (Fsp3) is 0.0769. The standard InChI is InChI=1S/C13H10ClNOS2/c1-2-7-15-12(16)11(18-13(15)17)8-9-5-3-4-6-10(9)14/h2-6,8H,1,7H2/b11-8-. The minimum atomic E-state index is -0.0928. The van der Waals surface area contributed by atoms with E-state index in [1.807, 2.05) is 18.2 Å². The van der Waals surface area contributed by atoms with Gasteiger partial charge in [0.05, 0.1) is 4.91 Å². The first-order chi connectivity index (χ1) is 8.63. The summed E-state index contributed by atoms with van der Waals surface area (Å²) in [6.45, 7) is 4.05. The first kappa shape index (κ1) is 13.3. The van der Waals surface area contributed by atoms with E-state index in [2.05, 4.69) is 6.58 Å². The maximum Gasteiger partial charge on any atom is 0.266 e. The molecule has 0 radical (unpaired) electrons. The van der Waals surface area contributed by atoms with Gasteiger partial charge in [-0.15, -0.1) is 6.58 Å². The summed E-state index contributed by atoms with van der Waals surface area (Å²) in [6, 6.07) is 7.38. The number of halogens is 1. The van der Waals surface area contributed by atoms with Gasteiger partial charge in [-0.05, 0) is 17.7 Å². The topological polar surface area (TPSA) is 20.3 Å². The number of nitrogens with zero attached hydrogens (tertiary/aromatic N) is 1. The Bertz CT molecular complexity index is 554. The summed E-state index contributed by atoms with van der Waals surface area (Å²) in [5.74, 6) is -0.0928. The first-order valence-electron chi connectivity index (χ1n) is 5.24. The van der Waals surface area contributed by atoms with Crippen LogP contribution in [-0.2, 0) is 4.79 Å². The Kier molecular flexibility index (Phi) is 4.22. The summed E-state index contributed by atoms with van der Waals surface area (Å²) in [5.41, 5.74) is 0.818. The highest BCUT2D eigenvalue weighted by Crippen LogP contribution is 2.33. The van der Waals surface area contributed by atoms with Crippen molar-refractivity contribution in [2.24, 2.45) is 0 Å². The quantitative estimate of drug-likeness (QED) is 0.481. The minimum absolute atomic E-state index is 0.0928. The SMILES string of the molecule is C=CCN1C(=O)/C(=C/c2ccccc2Cl)SC1=S. The summed E-state index contributed by atoms with van der Waals surface area (Å²) in [5, 5.41) is 0.617. The Morgan fingerprint density at radius 3 is 2.83 bits per heavy atom. The second-order valence-electron chi connectivity index (χ2n) is 3.60. The number of rotatable bonds is 3. The summed E-state index contributed by atoms with van der Waals surface area (Å²) < 4.78 is 0.554. The van der Waals surface area contributed by atoms with Crippen LogP contribution in [0.2, 0.25) is 5.02 Å². The van der Waals surface area contributed by atoms with Crippen LogP contribution in [0.15, 0.2) is 41.8 Å². The summed E-state index contributed by atoms with van der Waals surface area (Å²) >= 11 is 12.5. The van der Waals surface area contributed by atoms with Crippen LogP contribution < -0.4 is 0 Å². The lowest BCUT2D eigenvalue weighted by molar-refractivity contribution is -0.121. The van der Waals surface area contributed by atoms with Gasteiger partial charge in [-0.2, -0.15) is 0 Å². The van der Waals surface area contributed by atoms with E-state index in [0.29, 0.717) is 20.8 Å². The van der Waals surface area contributed by atoms with E-state index in [-0.39, 0.29) is 5.91 Å². The van der Waals surface area contributed by atoms with Crippen molar-refractivity contribution in [2.75, 3.05) is 6.54 Å². The molecular weight excluding hydrogens is 286 g/mol.